The van der Waals surface area contributed by atoms with Crippen LogP contribution in [0.1, 0.15) is 24.6 Å². The predicted octanol–water partition coefficient (Wildman–Crippen LogP) is 4.38. The summed E-state index contributed by atoms with van der Waals surface area (Å²) in [5.41, 5.74) is 3.07. The van der Waals surface area contributed by atoms with Crippen LogP contribution in [0.4, 0.5) is 5.69 Å². The summed E-state index contributed by atoms with van der Waals surface area (Å²) in [6.45, 7) is 2.13. The molecule has 1 saturated carbocycles. The number of rotatable bonds is 4. The Morgan fingerprint density at radius 3 is 2.70 bits per heavy atom. The Bertz CT molecular complexity index is 681. The first-order valence-corrected chi connectivity index (χ1v) is 8.03. The van der Waals surface area contributed by atoms with Crippen LogP contribution in [0.3, 0.4) is 0 Å². The van der Waals surface area contributed by atoms with Crippen LogP contribution in [0.25, 0.3) is 11.3 Å². The fourth-order valence-electron chi connectivity index (χ4n) is 2.15. The number of amides is 1. The van der Waals surface area contributed by atoms with Gasteiger partial charge in [0.1, 0.15) is 0 Å². The fourth-order valence-corrected chi connectivity index (χ4v) is 3.35. The molecule has 1 aliphatic rings. The molecular weight excluding hydrogens is 288 g/mol. The van der Waals surface area contributed by atoms with Gasteiger partial charge >= 0.3 is 0 Å². The summed E-state index contributed by atoms with van der Waals surface area (Å²) >= 11 is 6.84. The van der Waals surface area contributed by atoms with Crippen LogP contribution in [-0.4, -0.2) is 10.9 Å². The zero-order valence-corrected chi connectivity index (χ0v) is 12.9. The van der Waals surface area contributed by atoms with E-state index in [0.29, 0.717) is 0 Å². The highest BCUT2D eigenvalue weighted by molar-refractivity contribution is 7.73. The van der Waals surface area contributed by atoms with Crippen LogP contribution in [0.15, 0.2) is 24.3 Å². The molecule has 1 fully saturated rings. The topological polar surface area (TPSA) is 44.9 Å². The van der Waals surface area contributed by atoms with E-state index in [1.165, 1.54) is 4.88 Å². The molecule has 0 atom stereocenters. The van der Waals surface area contributed by atoms with E-state index in [1.807, 2.05) is 24.3 Å². The molecule has 1 aromatic carbocycles. The highest BCUT2D eigenvalue weighted by Crippen LogP contribution is 2.31. The van der Waals surface area contributed by atoms with Crippen LogP contribution in [-0.2, 0) is 11.2 Å². The Morgan fingerprint density at radius 2 is 2.10 bits per heavy atom. The molecule has 0 radical (unpaired) electrons. The summed E-state index contributed by atoms with van der Waals surface area (Å²) in [6.07, 6.45) is 3.01. The smallest absolute Gasteiger partial charge is 0.227 e. The predicted molar refractivity (Wildman–Crippen MR) is 85.7 cm³/mol. The quantitative estimate of drug-likeness (QED) is 0.823. The number of aromatic nitrogens is 1. The van der Waals surface area contributed by atoms with E-state index in [1.54, 1.807) is 11.3 Å². The molecule has 2 N–H and O–H groups in total. The van der Waals surface area contributed by atoms with Gasteiger partial charge in [0.15, 0.2) is 3.95 Å². The van der Waals surface area contributed by atoms with Crippen molar-refractivity contribution in [2.75, 3.05) is 5.32 Å². The molecule has 0 spiro atoms. The number of benzene rings is 1. The van der Waals surface area contributed by atoms with E-state index in [-0.39, 0.29) is 11.8 Å². The zero-order valence-electron chi connectivity index (χ0n) is 11.2. The maximum Gasteiger partial charge on any atom is 0.227 e. The van der Waals surface area contributed by atoms with Gasteiger partial charge in [-0.3, -0.25) is 4.79 Å². The number of aromatic amines is 1. The Balaban J connectivity index is 1.81. The van der Waals surface area contributed by atoms with Crippen molar-refractivity contribution in [1.29, 1.82) is 0 Å². The SMILES string of the molecule is CCc1sc(=S)[nH]c1-c1ccc(NC(=O)C2CC2)cc1. The number of anilines is 1. The molecule has 5 heteroatoms. The van der Waals surface area contributed by atoms with Crippen LogP contribution in [0, 0.1) is 9.87 Å². The third kappa shape index (κ3) is 2.83. The van der Waals surface area contributed by atoms with Crippen molar-refractivity contribution < 1.29 is 4.79 Å². The van der Waals surface area contributed by atoms with Gasteiger partial charge in [-0.25, -0.2) is 0 Å². The highest BCUT2D eigenvalue weighted by Gasteiger charge is 2.29. The lowest BCUT2D eigenvalue weighted by molar-refractivity contribution is -0.117. The Hall–Kier alpha value is -1.46. The van der Waals surface area contributed by atoms with Crippen LogP contribution in [0.5, 0.6) is 0 Å². The summed E-state index contributed by atoms with van der Waals surface area (Å²) in [5, 5.41) is 2.95. The van der Waals surface area contributed by atoms with Crippen LogP contribution >= 0.6 is 23.6 Å². The molecule has 1 aliphatic carbocycles. The van der Waals surface area contributed by atoms with E-state index in [0.717, 1.165) is 40.2 Å². The Labute approximate surface area is 127 Å². The average Bonchev–Trinajstić information content (AvgIpc) is 3.23. The van der Waals surface area contributed by atoms with Crippen LogP contribution in [0.2, 0.25) is 0 Å². The minimum atomic E-state index is 0.141. The number of carbonyl (C=O) groups excluding carboxylic acids is 1. The van der Waals surface area contributed by atoms with Crippen molar-refractivity contribution in [3.8, 4) is 11.3 Å². The number of H-pyrrole nitrogens is 1. The lowest BCUT2D eigenvalue weighted by Gasteiger charge is -2.06. The lowest BCUT2D eigenvalue weighted by Crippen LogP contribution is -2.12. The fraction of sp³-hybridized carbons (Fsp3) is 0.333. The summed E-state index contributed by atoms with van der Waals surface area (Å²) < 4.78 is 0.808. The average molecular weight is 304 g/mol. The summed E-state index contributed by atoms with van der Waals surface area (Å²) in [4.78, 5) is 16.2. The molecule has 3 rings (SSSR count). The molecule has 0 saturated heterocycles. The second-order valence-electron chi connectivity index (χ2n) is 5.01. The minimum absolute atomic E-state index is 0.141. The molecule has 1 heterocycles. The number of thiazole rings is 1. The first-order valence-electron chi connectivity index (χ1n) is 6.80. The molecule has 1 amide bonds. The third-order valence-corrected chi connectivity index (χ3v) is 4.81. The lowest BCUT2D eigenvalue weighted by atomic mass is 10.1. The van der Waals surface area contributed by atoms with Crippen LogP contribution < -0.4 is 5.32 Å². The molecule has 0 aliphatic heterocycles. The van der Waals surface area contributed by atoms with Gasteiger partial charge in [0.2, 0.25) is 5.91 Å². The Morgan fingerprint density at radius 1 is 1.40 bits per heavy atom. The van der Waals surface area contributed by atoms with Gasteiger partial charge < -0.3 is 10.3 Å². The largest absolute Gasteiger partial charge is 0.337 e. The van der Waals surface area contributed by atoms with Gasteiger partial charge in [-0.1, -0.05) is 19.1 Å². The molecule has 3 nitrogen and oxygen atoms in total. The normalized spacial score (nSPS) is 14.2. The van der Waals surface area contributed by atoms with Gasteiger partial charge in [-0.05, 0) is 49.2 Å². The third-order valence-electron chi connectivity index (χ3n) is 3.43. The first kappa shape index (κ1) is 13.5. The number of nitrogens with one attached hydrogen (secondary N) is 2. The van der Waals surface area contributed by atoms with Gasteiger partial charge in [0.05, 0.1) is 5.69 Å². The number of hydrogen-bond acceptors (Lipinski definition) is 3. The van der Waals surface area contributed by atoms with E-state index >= 15 is 0 Å². The van der Waals surface area contributed by atoms with E-state index < -0.39 is 0 Å². The zero-order chi connectivity index (χ0) is 14.1. The maximum atomic E-state index is 11.7. The molecule has 1 aromatic heterocycles. The molecular formula is C15H16N2OS2. The first-order chi connectivity index (χ1) is 9.67. The maximum absolute atomic E-state index is 11.7. The van der Waals surface area contributed by atoms with Crippen molar-refractivity contribution in [2.45, 2.75) is 26.2 Å². The van der Waals surface area contributed by atoms with Gasteiger partial charge in [0, 0.05) is 16.5 Å². The number of aryl methyl sites for hydroxylation is 1. The van der Waals surface area contributed by atoms with Crippen molar-refractivity contribution in [3.05, 3.63) is 33.1 Å². The van der Waals surface area contributed by atoms with Gasteiger partial charge in [0.25, 0.3) is 0 Å². The summed E-state index contributed by atoms with van der Waals surface area (Å²) in [5.74, 6) is 0.372. The molecule has 104 valence electrons. The number of carbonyl (C=O) groups is 1. The second kappa shape index (κ2) is 5.50. The monoisotopic (exact) mass is 304 g/mol. The minimum Gasteiger partial charge on any atom is -0.337 e. The molecule has 0 unspecified atom stereocenters. The number of hydrogen-bond donors (Lipinski definition) is 2. The summed E-state index contributed by atoms with van der Waals surface area (Å²) in [7, 11) is 0. The Kier molecular flexibility index (Phi) is 3.72. The van der Waals surface area contributed by atoms with E-state index in [9.17, 15) is 4.79 Å². The highest BCUT2D eigenvalue weighted by atomic mass is 32.1. The second-order valence-corrected chi connectivity index (χ2v) is 6.78. The molecule has 2 aromatic rings. The summed E-state index contributed by atoms with van der Waals surface area (Å²) in [6, 6.07) is 7.94. The van der Waals surface area contributed by atoms with Crippen molar-refractivity contribution in [3.63, 3.8) is 0 Å². The van der Waals surface area contributed by atoms with Crippen molar-refractivity contribution in [1.82, 2.24) is 4.98 Å². The standard InChI is InChI=1S/C15H16N2OS2/c1-2-12-13(17-15(19)20-12)9-5-7-11(8-6-9)16-14(18)10-3-4-10/h5-8,10H,2-4H2,1H3,(H,16,18)(H,17,19). The van der Waals surface area contributed by atoms with Crippen molar-refractivity contribution >= 4 is 35.1 Å². The molecule has 0 bridgehead atoms. The van der Waals surface area contributed by atoms with Gasteiger partial charge in [-0.2, -0.15) is 0 Å². The van der Waals surface area contributed by atoms with Gasteiger partial charge in [-0.15, -0.1) is 11.3 Å². The van der Waals surface area contributed by atoms with Crippen molar-refractivity contribution in [2.24, 2.45) is 5.92 Å². The van der Waals surface area contributed by atoms with E-state index in [4.69, 9.17) is 12.2 Å². The van der Waals surface area contributed by atoms with E-state index in [2.05, 4.69) is 17.2 Å². The molecule has 20 heavy (non-hydrogen) atoms.